The first-order valence-electron chi connectivity index (χ1n) is 10.3. The van der Waals surface area contributed by atoms with Crippen molar-refractivity contribution in [1.82, 2.24) is 19.8 Å². The molecule has 6 nitrogen and oxygen atoms in total. The highest BCUT2D eigenvalue weighted by atomic mass is 16.5. The Morgan fingerprint density at radius 2 is 1.81 bits per heavy atom. The topological polar surface area (TPSA) is 44.7 Å². The highest BCUT2D eigenvalue weighted by Gasteiger charge is 2.27. The van der Waals surface area contributed by atoms with Crippen LogP contribution in [0.3, 0.4) is 0 Å². The van der Waals surface area contributed by atoms with Crippen molar-refractivity contribution in [2.75, 3.05) is 64.4 Å². The number of piperidine rings is 1. The third kappa shape index (κ3) is 5.41. The molecule has 1 aromatic rings. The van der Waals surface area contributed by atoms with E-state index in [1.807, 2.05) is 12.3 Å². The van der Waals surface area contributed by atoms with Gasteiger partial charge in [0.25, 0.3) is 0 Å². The molecule has 1 aliphatic carbocycles. The molecule has 0 aromatic carbocycles. The highest BCUT2D eigenvalue weighted by Crippen LogP contribution is 2.38. The zero-order valence-electron chi connectivity index (χ0n) is 16.4. The number of hydrogen-bond donors (Lipinski definition) is 0. The summed E-state index contributed by atoms with van der Waals surface area (Å²) >= 11 is 0. The summed E-state index contributed by atoms with van der Waals surface area (Å²) in [4.78, 5) is 16.3. The van der Waals surface area contributed by atoms with Gasteiger partial charge in [-0.25, -0.2) is 9.97 Å². The summed E-state index contributed by atoms with van der Waals surface area (Å²) in [6.07, 6.45) is 6.81. The van der Waals surface area contributed by atoms with Crippen molar-refractivity contribution >= 4 is 5.82 Å². The van der Waals surface area contributed by atoms with Crippen molar-refractivity contribution in [3.8, 4) is 11.8 Å². The molecule has 4 rings (SSSR count). The molecule has 3 aliphatic rings. The summed E-state index contributed by atoms with van der Waals surface area (Å²) in [7, 11) is 2.18. The summed E-state index contributed by atoms with van der Waals surface area (Å²) in [5, 5.41) is 0. The van der Waals surface area contributed by atoms with Crippen LogP contribution in [0.1, 0.15) is 37.4 Å². The standard InChI is InChI=1S/C21H31N5O/c1-24-13-15-25(16-14-24)10-2-3-17-27-19-7-11-26(12-8-19)20-6-9-22-21(23-20)18-4-5-18/h6,9,18-19H,4-5,7-8,10-17H2,1H3. The van der Waals surface area contributed by atoms with E-state index in [0.717, 1.165) is 70.3 Å². The maximum atomic E-state index is 5.99. The SMILES string of the molecule is CN1CCN(CC#CCOC2CCN(c3ccnc(C4CC4)n3)CC2)CC1. The molecule has 2 saturated heterocycles. The maximum absolute atomic E-state index is 5.99. The number of piperazine rings is 1. The third-order valence-corrected chi connectivity index (χ3v) is 5.78. The van der Waals surface area contributed by atoms with Crippen LogP contribution in [0, 0.1) is 11.8 Å². The summed E-state index contributed by atoms with van der Waals surface area (Å²) in [5.41, 5.74) is 0. The minimum absolute atomic E-state index is 0.323. The Kier molecular flexibility index (Phi) is 6.23. The maximum Gasteiger partial charge on any atom is 0.133 e. The van der Waals surface area contributed by atoms with Gasteiger partial charge in [0.05, 0.1) is 12.6 Å². The fraction of sp³-hybridized carbons (Fsp3) is 0.714. The number of ether oxygens (including phenoxy) is 1. The molecule has 3 heterocycles. The normalized spacial score (nSPS) is 22.5. The number of rotatable bonds is 5. The first-order chi connectivity index (χ1) is 13.3. The second-order valence-electron chi connectivity index (χ2n) is 7.98. The minimum atomic E-state index is 0.323. The van der Waals surface area contributed by atoms with Crippen molar-refractivity contribution in [1.29, 1.82) is 0 Å². The van der Waals surface area contributed by atoms with Crippen molar-refractivity contribution in [3.05, 3.63) is 18.1 Å². The van der Waals surface area contributed by atoms with Gasteiger partial charge in [-0.1, -0.05) is 11.8 Å². The van der Waals surface area contributed by atoms with Gasteiger partial charge in [0.15, 0.2) is 0 Å². The zero-order valence-corrected chi connectivity index (χ0v) is 16.4. The van der Waals surface area contributed by atoms with E-state index in [9.17, 15) is 0 Å². The molecule has 27 heavy (non-hydrogen) atoms. The van der Waals surface area contributed by atoms with E-state index in [4.69, 9.17) is 9.72 Å². The minimum Gasteiger partial charge on any atom is -0.365 e. The lowest BCUT2D eigenvalue weighted by molar-refractivity contribution is 0.0593. The van der Waals surface area contributed by atoms with Crippen LogP contribution in [0.2, 0.25) is 0 Å². The van der Waals surface area contributed by atoms with E-state index < -0.39 is 0 Å². The van der Waals surface area contributed by atoms with Crippen LogP contribution < -0.4 is 4.90 Å². The fourth-order valence-electron chi connectivity index (χ4n) is 3.71. The van der Waals surface area contributed by atoms with E-state index in [1.165, 1.54) is 12.8 Å². The molecule has 0 radical (unpaired) electrons. The van der Waals surface area contributed by atoms with Gasteiger partial charge in [0, 0.05) is 51.4 Å². The first kappa shape index (κ1) is 18.7. The van der Waals surface area contributed by atoms with E-state index in [0.29, 0.717) is 18.6 Å². The molecule has 2 aliphatic heterocycles. The molecule has 0 bridgehead atoms. The van der Waals surface area contributed by atoms with Gasteiger partial charge in [0.2, 0.25) is 0 Å². The largest absolute Gasteiger partial charge is 0.365 e. The van der Waals surface area contributed by atoms with Crippen LogP contribution in [-0.2, 0) is 4.74 Å². The average molecular weight is 370 g/mol. The predicted molar refractivity (Wildman–Crippen MR) is 107 cm³/mol. The molecule has 1 aromatic heterocycles. The highest BCUT2D eigenvalue weighted by molar-refractivity contribution is 5.38. The van der Waals surface area contributed by atoms with Gasteiger partial charge in [0.1, 0.15) is 18.2 Å². The van der Waals surface area contributed by atoms with Crippen LogP contribution >= 0.6 is 0 Å². The smallest absolute Gasteiger partial charge is 0.133 e. The lowest BCUT2D eigenvalue weighted by Crippen LogP contribution is -2.44. The van der Waals surface area contributed by atoms with Gasteiger partial charge in [-0.05, 0) is 38.8 Å². The molecule has 0 amide bonds. The van der Waals surface area contributed by atoms with E-state index in [2.05, 4.69) is 38.6 Å². The predicted octanol–water partition coefficient (Wildman–Crippen LogP) is 1.59. The second-order valence-corrected chi connectivity index (χ2v) is 7.98. The molecule has 3 fully saturated rings. The number of anilines is 1. The lowest BCUT2D eigenvalue weighted by atomic mass is 10.1. The molecule has 0 N–H and O–H groups in total. The van der Waals surface area contributed by atoms with Crippen molar-refractivity contribution in [3.63, 3.8) is 0 Å². The Bertz CT molecular complexity index is 665. The molecular weight excluding hydrogens is 338 g/mol. The number of hydrogen-bond acceptors (Lipinski definition) is 6. The van der Waals surface area contributed by atoms with Crippen LogP contribution in [0.4, 0.5) is 5.82 Å². The Morgan fingerprint density at radius 1 is 1.04 bits per heavy atom. The molecule has 6 heteroatoms. The molecule has 0 unspecified atom stereocenters. The van der Waals surface area contributed by atoms with Crippen LogP contribution in [-0.4, -0.2) is 85.3 Å². The first-order valence-corrected chi connectivity index (χ1v) is 10.3. The Hall–Kier alpha value is -1.68. The van der Waals surface area contributed by atoms with Crippen LogP contribution in [0.25, 0.3) is 0 Å². The second kappa shape index (κ2) is 9.01. The zero-order chi connectivity index (χ0) is 18.5. The van der Waals surface area contributed by atoms with Gasteiger partial charge in [-0.2, -0.15) is 0 Å². The monoisotopic (exact) mass is 369 g/mol. The number of nitrogens with zero attached hydrogens (tertiary/aromatic N) is 5. The van der Waals surface area contributed by atoms with Crippen LogP contribution in [0.5, 0.6) is 0 Å². The Balaban J connectivity index is 1.15. The summed E-state index contributed by atoms with van der Waals surface area (Å²) in [6, 6.07) is 2.04. The van der Waals surface area contributed by atoms with E-state index in [1.54, 1.807) is 0 Å². The van der Waals surface area contributed by atoms with Crippen molar-refractivity contribution in [2.24, 2.45) is 0 Å². The van der Waals surface area contributed by atoms with Crippen molar-refractivity contribution in [2.45, 2.75) is 37.7 Å². The number of likely N-dealkylation sites (N-methyl/N-ethyl adjacent to an activating group) is 1. The van der Waals surface area contributed by atoms with Crippen LogP contribution in [0.15, 0.2) is 12.3 Å². The van der Waals surface area contributed by atoms with Gasteiger partial charge < -0.3 is 14.5 Å². The van der Waals surface area contributed by atoms with E-state index >= 15 is 0 Å². The summed E-state index contributed by atoms with van der Waals surface area (Å²) in [6.45, 7) is 7.95. The molecule has 0 spiro atoms. The van der Waals surface area contributed by atoms with Crippen molar-refractivity contribution < 1.29 is 4.74 Å². The molecule has 146 valence electrons. The van der Waals surface area contributed by atoms with Gasteiger partial charge in [-0.3, -0.25) is 4.90 Å². The Morgan fingerprint density at radius 3 is 2.56 bits per heavy atom. The summed E-state index contributed by atoms with van der Waals surface area (Å²) < 4.78 is 5.99. The molecule has 1 saturated carbocycles. The van der Waals surface area contributed by atoms with Gasteiger partial charge in [-0.15, -0.1) is 0 Å². The molecule has 0 atom stereocenters. The molecular formula is C21H31N5O. The fourth-order valence-corrected chi connectivity index (χ4v) is 3.71. The summed E-state index contributed by atoms with van der Waals surface area (Å²) in [5.74, 6) is 9.19. The quantitative estimate of drug-likeness (QED) is 0.735. The average Bonchev–Trinajstić information content (AvgIpc) is 3.55. The van der Waals surface area contributed by atoms with Gasteiger partial charge >= 0.3 is 0 Å². The van der Waals surface area contributed by atoms with E-state index in [-0.39, 0.29) is 0 Å². The number of aromatic nitrogens is 2. The Labute approximate surface area is 162 Å². The third-order valence-electron chi connectivity index (χ3n) is 5.78. The lowest BCUT2D eigenvalue weighted by Gasteiger charge is -2.32.